The molecule has 0 aliphatic carbocycles. The maximum atomic E-state index is 12.3. The SMILES string of the molecule is COc1ccc(Br)c(C(=O)NC[C@@H]2COc3ccccc3O2)c1. The number of methoxy groups -OCH3 is 1. The van der Waals surface area contributed by atoms with Crippen molar-refractivity contribution < 1.29 is 19.0 Å². The Hall–Kier alpha value is -2.21. The van der Waals surface area contributed by atoms with Gasteiger partial charge in [0, 0.05) is 4.47 Å². The van der Waals surface area contributed by atoms with E-state index < -0.39 is 0 Å². The molecule has 23 heavy (non-hydrogen) atoms. The Morgan fingerprint density at radius 3 is 2.87 bits per heavy atom. The Kier molecular flexibility index (Phi) is 4.71. The number of hydrogen-bond donors (Lipinski definition) is 1. The van der Waals surface area contributed by atoms with Crippen molar-refractivity contribution >= 4 is 21.8 Å². The normalized spacial score (nSPS) is 15.8. The highest BCUT2D eigenvalue weighted by Gasteiger charge is 2.21. The lowest BCUT2D eigenvalue weighted by Gasteiger charge is -2.26. The molecule has 0 unspecified atom stereocenters. The van der Waals surface area contributed by atoms with Crippen LogP contribution in [0.4, 0.5) is 0 Å². The fourth-order valence-electron chi connectivity index (χ4n) is 2.27. The Labute approximate surface area is 142 Å². The molecule has 1 heterocycles. The van der Waals surface area contributed by atoms with Gasteiger partial charge >= 0.3 is 0 Å². The van der Waals surface area contributed by atoms with E-state index >= 15 is 0 Å². The molecule has 0 fully saturated rings. The summed E-state index contributed by atoms with van der Waals surface area (Å²) in [4.78, 5) is 12.3. The first-order valence-corrected chi connectivity index (χ1v) is 7.97. The highest BCUT2D eigenvalue weighted by atomic mass is 79.9. The number of benzene rings is 2. The smallest absolute Gasteiger partial charge is 0.252 e. The van der Waals surface area contributed by atoms with Crippen molar-refractivity contribution in [3.63, 3.8) is 0 Å². The van der Waals surface area contributed by atoms with Crippen molar-refractivity contribution in [2.75, 3.05) is 20.3 Å². The van der Waals surface area contributed by atoms with Gasteiger partial charge in [-0.15, -0.1) is 0 Å². The quantitative estimate of drug-likeness (QED) is 0.889. The van der Waals surface area contributed by atoms with Crippen LogP contribution < -0.4 is 19.5 Å². The Balaban J connectivity index is 1.62. The molecule has 0 aromatic heterocycles. The van der Waals surface area contributed by atoms with E-state index in [-0.39, 0.29) is 12.0 Å². The second-order valence-electron chi connectivity index (χ2n) is 5.05. The van der Waals surface area contributed by atoms with E-state index in [9.17, 15) is 4.79 Å². The number of para-hydroxylation sites is 2. The van der Waals surface area contributed by atoms with Gasteiger partial charge in [-0.25, -0.2) is 0 Å². The minimum Gasteiger partial charge on any atom is -0.497 e. The summed E-state index contributed by atoms with van der Waals surface area (Å²) in [6, 6.07) is 12.7. The van der Waals surface area contributed by atoms with Crippen LogP contribution in [0.3, 0.4) is 0 Å². The largest absolute Gasteiger partial charge is 0.497 e. The maximum absolute atomic E-state index is 12.3. The molecule has 1 N–H and O–H groups in total. The van der Waals surface area contributed by atoms with E-state index in [4.69, 9.17) is 14.2 Å². The second-order valence-corrected chi connectivity index (χ2v) is 5.91. The number of carbonyl (C=O) groups excluding carboxylic acids is 1. The summed E-state index contributed by atoms with van der Waals surface area (Å²) < 4.78 is 17.3. The first-order valence-electron chi connectivity index (χ1n) is 7.17. The van der Waals surface area contributed by atoms with Crippen LogP contribution in [0, 0.1) is 0 Å². The molecule has 0 bridgehead atoms. The molecule has 0 spiro atoms. The third kappa shape index (κ3) is 3.59. The van der Waals surface area contributed by atoms with Crippen molar-refractivity contribution in [3.8, 4) is 17.2 Å². The summed E-state index contributed by atoms with van der Waals surface area (Å²) in [5.41, 5.74) is 0.515. The van der Waals surface area contributed by atoms with Gasteiger partial charge in [-0.05, 0) is 46.3 Å². The molecule has 2 aromatic rings. The lowest BCUT2D eigenvalue weighted by Crippen LogP contribution is -2.40. The molecule has 2 aromatic carbocycles. The van der Waals surface area contributed by atoms with E-state index in [2.05, 4.69) is 21.2 Å². The highest BCUT2D eigenvalue weighted by Crippen LogP contribution is 2.30. The standard InChI is InChI=1S/C17H16BrNO4/c1-21-11-6-7-14(18)13(8-11)17(20)19-9-12-10-22-15-4-2-3-5-16(15)23-12/h2-8,12H,9-10H2,1H3,(H,19,20)/t12-/m1/s1. The van der Waals surface area contributed by atoms with E-state index in [0.717, 1.165) is 5.75 Å². The van der Waals surface area contributed by atoms with Crippen LogP contribution >= 0.6 is 15.9 Å². The monoisotopic (exact) mass is 377 g/mol. The first-order chi connectivity index (χ1) is 11.2. The summed E-state index contributed by atoms with van der Waals surface area (Å²) >= 11 is 3.38. The molecular weight excluding hydrogens is 362 g/mol. The van der Waals surface area contributed by atoms with E-state index in [1.54, 1.807) is 25.3 Å². The van der Waals surface area contributed by atoms with Crippen molar-refractivity contribution in [1.29, 1.82) is 0 Å². The van der Waals surface area contributed by atoms with Crippen molar-refractivity contribution in [1.82, 2.24) is 5.32 Å². The Morgan fingerprint density at radius 1 is 1.30 bits per heavy atom. The number of carbonyl (C=O) groups is 1. The van der Waals surface area contributed by atoms with Crippen LogP contribution in [0.5, 0.6) is 17.2 Å². The summed E-state index contributed by atoms with van der Waals surface area (Å²) in [5.74, 6) is 1.86. The molecule has 6 heteroatoms. The first kappa shape index (κ1) is 15.7. The zero-order chi connectivity index (χ0) is 16.2. The zero-order valence-corrected chi connectivity index (χ0v) is 14.1. The molecular formula is C17H16BrNO4. The zero-order valence-electron chi connectivity index (χ0n) is 12.5. The Bertz CT molecular complexity index is 719. The fraction of sp³-hybridized carbons (Fsp3) is 0.235. The number of hydrogen-bond acceptors (Lipinski definition) is 4. The molecule has 1 aliphatic heterocycles. The minimum atomic E-state index is -0.224. The molecule has 1 atom stereocenters. The number of fused-ring (bicyclic) bond motifs is 1. The van der Waals surface area contributed by atoms with Crippen molar-refractivity contribution in [2.24, 2.45) is 0 Å². The molecule has 5 nitrogen and oxygen atoms in total. The molecule has 0 radical (unpaired) electrons. The van der Waals surface area contributed by atoms with Crippen LogP contribution in [0.1, 0.15) is 10.4 Å². The predicted octanol–water partition coefficient (Wildman–Crippen LogP) is 3.03. The van der Waals surface area contributed by atoms with Crippen LogP contribution in [0.2, 0.25) is 0 Å². The number of rotatable bonds is 4. The molecule has 0 saturated carbocycles. The van der Waals surface area contributed by atoms with Gasteiger partial charge in [-0.3, -0.25) is 4.79 Å². The second kappa shape index (κ2) is 6.91. The summed E-state index contributed by atoms with van der Waals surface area (Å²) in [5, 5.41) is 2.86. The van der Waals surface area contributed by atoms with Gasteiger partial charge in [0.1, 0.15) is 18.5 Å². The van der Waals surface area contributed by atoms with Gasteiger partial charge in [-0.1, -0.05) is 12.1 Å². The van der Waals surface area contributed by atoms with E-state index in [1.165, 1.54) is 0 Å². The van der Waals surface area contributed by atoms with Gasteiger partial charge in [0.2, 0.25) is 0 Å². The van der Waals surface area contributed by atoms with Crippen LogP contribution in [-0.4, -0.2) is 32.3 Å². The van der Waals surface area contributed by atoms with Crippen LogP contribution in [0.15, 0.2) is 46.9 Å². The van der Waals surface area contributed by atoms with Gasteiger partial charge in [0.15, 0.2) is 11.5 Å². The van der Waals surface area contributed by atoms with Gasteiger partial charge in [0.05, 0.1) is 19.2 Å². The molecule has 0 saturated heterocycles. The van der Waals surface area contributed by atoms with Gasteiger partial charge < -0.3 is 19.5 Å². The lowest BCUT2D eigenvalue weighted by atomic mass is 10.2. The van der Waals surface area contributed by atoms with E-state index in [1.807, 2.05) is 24.3 Å². The summed E-state index contributed by atoms with van der Waals surface area (Å²) in [6.45, 7) is 0.757. The minimum absolute atomic E-state index is 0.196. The summed E-state index contributed by atoms with van der Waals surface area (Å²) in [7, 11) is 1.57. The maximum Gasteiger partial charge on any atom is 0.252 e. The lowest BCUT2D eigenvalue weighted by molar-refractivity contribution is 0.0788. The number of nitrogens with one attached hydrogen (secondary N) is 1. The van der Waals surface area contributed by atoms with Crippen molar-refractivity contribution in [3.05, 3.63) is 52.5 Å². The number of halogens is 1. The van der Waals surface area contributed by atoms with Gasteiger partial charge in [0.25, 0.3) is 5.91 Å². The predicted molar refractivity (Wildman–Crippen MR) is 89.4 cm³/mol. The number of amides is 1. The molecule has 3 rings (SSSR count). The van der Waals surface area contributed by atoms with Crippen LogP contribution in [0.25, 0.3) is 0 Å². The average Bonchev–Trinajstić information content (AvgIpc) is 2.60. The van der Waals surface area contributed by atoms with Gasteiger partial charge in [-0.2, -0.15) is 0 Å². The molecule has 120 valence electrons. The highest BCUT2D eigenvalue weighted by molar-refractivity contribution is 9.10. The topological polar surface area (TPSA) is 56.8 Å². The number of ether oxygens (including phenoxy) is 3. The Morgan fingerprint density at radius 2 is 2.09 bits per heavy atom. The average molecular weight is 378 g/mol. The summed E-state index contributed by atoms with van der Waals surface area (Å²) in [6.07, 6.45) is -0.224. The van der Waals surface area contributed by atoms with Crippen LogP contribution in [-0.2, 0) is 0 Å². The van der Waals surface area contributed by atoms with Crippen molar-refractivity contribution in [2.45, 2.75) is 6.10 Å². The fourth-order valence-corrected chi connectivity index (χ4v) is 2.70. The van der Waals surface area contributed by atoms with E-state index in [0.29, 0.717) is 34.7 Å². The third-order valence-corrected chi connectivity index (χ3v) is 4.17. The third-order valence-electron chi connectivity index (χ3n) is 3.48. The molecule has 1 aliphatic rings. The molecule has 1 amide bonds.